The van der Waals surface area contributed by atoms with Crippen LogP contribution in [-0.2, 0) is 0 Å². The molecule has 32 heavy (non-hydrogen) atoms. The van der Waals surface area contributed by atoms with E-state index in [0.29, 0.717) is 5.56 Å². The van der Waals surface area contributed by atoms with Crippen LogP contribution in [0.1, 0.15) is 67.9 Å². The molecule has 0 spiro atoms. The first-order chi connectivity index (χ1) is 16.0. The molecule has 0 heterocycles. The van der Waals surface area contributed by atoms with Gasteiger partial charge in [0.2, 0.25) is 0 Å². The number of anilines is 4. The van der Waals surface area contributed by atoms with Gasteiger partial charge in [-0.2, -0.15) is 0 Å². The Morgan fingerprint density at radius 2 is 0.875 bits per heavy atom. The summed E-state index contributed by atoms with van der Waals surface area (Å²) >= 11 is 0. The van der Waals surface area contributed by atoms with Gasteiger partial charge in [0.25, 0.3) is 0 Å². The van der Waals surface area contributed by atoms with Gasteiger partial charge in [0.15, 0.2) is 0 Å². The average molecular weight is 432 g/mol. The maximum Gasteiger partial charge on any atom is 0.0657 e. The van der Waals surface area contributed by atoms with Gasteiger partial charge >= 0.3 is 0 Å². The normalized spacial score (nSPS) is 13.8. The van der Waals surface area contributed by atoms with E-state index in [1.54, 1.807) is 6.07 Å². The maximum atomic E-state index is 8.30. The summed E-state index contributed by atoms with van der Waals surface area (Å²) in [7, 11) is 0. The van der Waals surface area contributed by atoms with Crippen LogP contribution >= 0.6 is 0 Å². The van der Waals surface area contributed by atoms with Crippen LogP contribution in [-0.4, -0.2) is 11.1 Å². The summed E-state index contributed by atoms with van der Waals surface area (Å²) in [5, 5.41) is 0. The van der Waals surface area contributed by atoms with Crippen molar-refractivity contribution in [3.8, 4) is 0 Å². The standard InChI is InChI=1S/C30H40N2/c1-21-15-13-16-22(2)27(21)31(29(5,6)7)25-19-11-12-20-26(25)32(30(8,9)10)28-23(3)17-14-18-24(28)4/h11-20H,1-10H3/i1D3. The minimum Gasteiger partial charge on any atom is -0.334 e. The molecule has 0 aliphatic rings. The predicted octanol–water partition coefficient (Wildman–Crippen LogP) is 8.79. The number of hydrogen-bond donors (Lipinski definition) is 0. The lowest BCUT2D eigenvalue weighted by Crippen LogP contribution is -2.42. The molecule has 0 unspecified atom stereocenters. The number of para-hydroxylation sites is 4. The van der Waals surface area contributed by atoms with Crippen LogP contribution in [0.2, 0.25) is 0 Å². The molecule has 3 aromatic rings. The Kier molecular flexibility index (Phi) is 5.38. The smallest absolute Gasteiger partial charge is 0.0657 e. The van der Waals surface area contributed by atoms with Gasteiger partial charge in [-0.1, -0.05) is 48.5 Å². The second-order valence-corrected chi connectivity index (χ2v) is 10.7. The Balaban J connectivity index is 2.43. The molecule has 0 aliphatic heterocycles. The summed E-state index contributed by atoms with van der Waals surface area (Å²) in [5.74, 6) is 0. The zero-order valence-corrected chi connectivity index (χ0v) is 21.2. The second-order valence-electron chi connectivity index (χ2n) is 10.7. The van der Waals surface area contributed by atoms with Crippen LogP contribution in [0, 0.1) is 27.6 Å². The van der Waals surface area contributed by atoms with Crippen molar-refractivity contribution in [3.05, 3.63) is 82.9 Å². The topological polar surface area (TPSA) is 6.48 Å². The van der Waals surface area contributed by atoms with Crippen molar-refractivity contribution in [1.29, 1.82) is 0 Å². The Hall–Kier alpha value is -2.74. The number of hydrogen-bond acceptors (Lipinski definition) is 2. The lowest BCUT2D eigenvalue weighted by molar-refractivity contribution is 0.544. The van der Waals surface area contributed by atoms with Crippen LogP contribution in [0.5, 0.6) is 0 Å². The number of nitrogens with zero attached hydrogens (tertiary/aromatic N) is 2. The van der Waals surface area contributed by atoms with Gasteiger partial charge in [-0.3, -0.25) is 0 Å². The van der Waals surface area contributed by atoms with Gasteiger partial charge in [-0.25, -0.2) is 0 Å². The second kappa shape index (κ2) is 8.65. The van der Waals surface area contributed by atoms with Crippen molar-refractivity contribution >= 4 is 22.7 Å². The van der Waals surface area contributed by atoms with E-state index in [0.717, 1.165) is 22.6 Å². The van der Waals surface area contributed by atoms with E-state index in [1.165, 1.54) is 16.8 Å². The van der Waals surface area contributed by atoms with Gasteiger partial charge in [0, 0.05) is 26.6 Å². The minimum atomic E-state index is -2.23. The van der Waals surface area contributed by atoms with Crippen molar-refractivity contribution < 1.29 is 4.11 Å². The van der Waals surface area contributed by atoms with Crippen molar-refractivity contribution in [1.82, 2.24) is 0 Å². The van der Waals surface area contributed by atoms with E-state index in [-0.39, 0.29) is 11.1 Å². The molecule has 0 bridgehead atoms. The average Bonchev–Trinajstić information content (AvgIpc) is 2.70. The Labute approximate surface area is 200 Å². The number of aryl methyl sites for hydroxylation is 4. The fourth-order valence-corrected chi connectivity index (χ4v) is 4.59. The van der Waals surface area contributed by atoms with E-state index < -0.39 is 6.85 Å². The van der Waals surface area contributed by atoms with Crippen molar-refractivity contribution in [2.75, 3.05) is 9.80 Å². The minimum absolute atomic E-state index is 0.227. The summed E-state index contributed by atoms with van der Waals surface area (Å²) in [6.07, 6.45) is 0. The summed E-state index contributed by atoms with van der Waals surface area (Å²) in [6.45, 7) is 17.2. The Morgan fingerprint density at radius 1 is 0.531 bits per heavy atom. The molecule has 0 saturated carbocycles. The van der Waals surface area contributed by atoms with E-state index >= 15 is 0 Å². The summed E-state index contributed by atoms with van der Waals surface area (Å²) < 4.78 is 24.9. The molecule has 0 fully saturated rings. The van der Waals surface area contributed by atoms with E-state index in [9.17, 15) is 0 Å². The summed E-state index contributed by atoms with van der Waals surface area (Å²) in [5.41, 5.74) is 7.08. The Bertz CT molecular complexity index is 1180. The molecular formula is C30H40N2. The van der Waals surface area contributed by atoms with E-state index in [1.807, 2.05) is 25.1 Å². The molecule has 0 N–H and O–H groups in total. The molecule has 0 amide bonds. The first-order valence-electron chi connectivity index (χ1n) is 12.9. The monoisotopic (exact) mass is 431 g/mol. The predicted molar refractivity (Wildman–Crippen MR) is 142 cm³/mol. The van der Waals surface area contributed by atoms with Crippen LogP contribution in [0.15, 0.2) is 60.7 Å². The van der Waals surface area contributed by atoms with Crippen LogP contribution in [0.4, 0.5) is 22.7 Å². The van der Waals surface area contributed by atoms with Gasteiger partial charge in [-0.15, -0.1) is 0 Å². The third-order valence-corrected chi connectivity index (χ3v) is 5.83. The molecule has 0 atom stereocenters. The lowest BCUT2D eigenvalue weighted by atomic mass is 9.95. The molecule has 0 aromatic heterocycles. The fourth-order valence-electron chi connectivity index (χ4n) is 4.59. The van der Waals surface area contributed by atoms with E-state index in [4.69, 9.17) is 4.11 Å². The quantitative estimate of drug-likeness (QED) is 0.407. The summed E-state index contributed by atoms with van der Waals surface area (Å²) in [6, 6.07) is 20.3. The third-order valence-electron chi connectivity index (χ3n) is 5.83. The van der Waals surface area contributed by atoms with Crippen LogP contribution < -0.4 is 9.80 Å². The molecule has 3 aromatic carbocycles. The molecule has 2 heteroatoms. The van der Waals surface area contributed by atoms with Gasteiger partial charge < -0.3 is 9.80 Å². The summed E-state index contributed by atoms with van der Waals surface area (Å²) in [4.78, 5) is 4.62. The highest BCUT2D eigenvalue weighted by atomic mass is 15.3. The highest BCUT2D eigenvalue weighted by molar-refractivity contribution is 5.86. The fraction of sp³-hybridized carbons (Fsp3) is 0.400. The molecule has 0 radical (unpaired) electrons. The van der Waals surface area contributed by atoms with Gasteiger partial charge in [0.1, 0.15) is 0 Å². The molecule has 3 rings (SSSR count). The first-order valence-corrected chi connectivity index (χ1v) is 11.4. The molecule has 2 nitrogen and oxygen atoms in total. The third kappa shape index (κ3) is 4.55. The zero-order chi connectivity index (χ0) is 26.3. The number of rotatable bonds is 4. The Morgan fingerprint density at radius 3 is 1.22 bits per heavy atom. The first kappa shape index (κ1) is 19.9. The van der Waals surface area contributed by atoms with Crippen molar-refractivity contribution in [3.63, 3.8) is 0 Å². The largest absolute Gasteiger partial charge is 0.334 e. The van der Waals surface area contributed by atoms with Crippen LogP contribution in [0.25, 0.3) is 0 Å². The van der Waals surface area contributed by atoms with E-state index in [2.05, 4.69) is 102 Å². The van der Waals surface area contributed by atoms with Crippen LogP contribution in [0.3, 0.4) is 0 Å². The molecule has 0 saturated heterocycles. The molecule has 170 valence electrons. The van der Waals surface area contributed by atoms with Crippen molar-refractivity contribution in [2.45, 2.75) is 80.2 Å². The number of benzene rings is 3. The van der Waals surface area contributed by atoms with Gasteiger partial charge in [-0.05, 0) is 104 Å². The SMILES string of the molecule is [2H]C([2H])([2H])c1cccc(C)c1N(c1ccccc1N(c1c(C)cccc1C)C(C)(C)C)C(C)(C)C. The lowest BCUT2D eigenvalue weighted by Gasteiger charge is -2.45. The highest BCUT2D eigenvalue weighted by Gasteiger charge is 2.33. The zero-order valence-electron chi connectivity index (χ0n) is 24.2. The maximum absolute atomic E-state index is 8.30. The van der Waals surface area contributed by atoms with Gasteiger partial charge in [0.05, 0.1) is 11.4 Å². The van der Waals surface area contributed by atoms with Crippen molar-refractivity contribution in [2.24, 2.45) is 0 Å². The highest BCUT2D eigenvalue weighted by Crippen LogP contribution is 2.47. The molecule has 0 aliphatic carbocycles. The molecular weight excluding hydrogens is 388 g/mol.